The number of hydrogen-bond acceptors (Lipinski definition) is 4. The van der Waals surface area contributed by atoms with E-state index >= 15 is 0 Å². The van der Waals surface area contributed by atoms with Crippen molar-refractivity contribution in [1.82, 2.24) is 0 Å². The van der Waals surface area contributed by atoms with Crippen LogP contribution >= 0.6 is 0 Å². The maximum atomic E-state index is 11.7. The van der Waals surface area contributed by atoms with Crippen LogP contribution in [0.2, 0.25) is 0 Å². The van der Waals surface area contributed by atoms with Crippen LogP contribution in [0.1, 0.15) is 39.5 Å². The minimum absolute atomic E-state index is 0.198. The molecule has 0 aliphatic rings. The van der Waals surface area contributed by atoms with Gasteiger partial charge in [0.05, 0.1) is 6.61 Å². The van der Waals surface area contributed by atoms with Gasteiger partial charge in [0.15, 0.2) is 5.78 Å². The van der Waals surface area contributed by atoms with Gasteiger partial charge < -0.3 is 15.3 Å². The maximum absolute atomic E-state index is 11.7. The monoisotopic (exact) mass is 218 g/mol. The molecular formula is C11H22O4. The normalized spacial score (nSPS) is 15.3. The zero-order chi connectivity index (χ0) is 11.8. The van der Waals surface area contributed by atoms with Crippen LogP contribution in [0.4, 0.5) is 0 Å². The molecule has 0 saturated carbocycles. The first-order valence-electron chi connectivity index (χ1n) is 5.59. The minimum atomic E-state index is -1.45. The molecule has 0 heterocycles. The largest absolute Gasteiger partial charge is 0.394 e. The van der Waals surface area contributed by atoms with Crippen molar-refractivity contribution in [3.8, 4) is 0 Å². The SMILES string of the molecule is CCCC(CCC)C(=O)C(O)C(O)CO. The van der Waals surface area contributed by atoms with Gasteiger partial charge in [-0.3, -0.25) is 4.79 Å². The summed E-state index contributed by atoms with van der Waals surface area (Å²) in [5.74, 6) is -0.545. The van der Waals surface area contributed by atoms with Crippen molar-refractivity contribution in [2.75, 3.05) is 6.61 Å². The Morgan fingerprint density at radius 2 is 1.60 bits per heavy atom. The van der Waals surface area contributed by atoms with Crippen molar-refractivity contribution in [2.24, 2.45) is 5.92 Å². The molecule has 15 heavy (non-hydrogen) atoms. The molecule has 0 bridgehead atoms. The van der Waals surface area contributed by atoms with Crippen LogP contribution in [-0.4, -0.2) is 39.9 Å². The molecule has 4 nitrogen and oxygen atoms in total. The standard InChI is InChI=1S/C11H22O4/c1-3-5-8(6-4-2)10(14)11(15)9(13)7-12/h8-9,11-13,15H,3-7H2,1-2H3. The van der Waals surface area contributed by atoms with Crippen molar-refractivity contribution in [2.45, 2.75) is 51.7 Å². The summed E-state index contributed by atoms with van der Waals surface area (Å²) in [5, 5.41) is 27.2. The van der Waals surface area contributed by atoms with Gasteiger partial charge in [0.25, 0.3) is 0 Å². The van der Waals surface area contributed by atoms with Gasteiger partial charge in [-0.15, -0.1) is 0 Å². The van der Waals surface area contributed by atoms with Crippen molar-refractivity contribution < 1.29 is 20.1 Å². The fraction of sp³-hybridized carbons (Fsp3) is 0.909. The molecule has 0 saturated heterocycles. The first-order chi connectivity index (χ1) is 7.08. The summed E-state index contributed by atoms with van der Waals surface area (Å²) < 4.78 is 0. The molecule has 90 valence electrons. The van der Waals surface area contributed by atoms with E-state index in [1.54, 1.807) is 0 Å². The minimum Gasteiger partial charge on any atom is -0.394 e. The summed E-state index contributed by atoms with van der Waals surface area (Å²) in [6.07, 6.45) is 0.396. The molecule has 2 atom stereocenters. The molecule has 0 amide bonds. The fourth-order valence-corrected chi connectivity index (χ4v) is 1.66. The highest BCUT2D eigenvalue weighted by molar-refractivity contribution is 5.85. The molecule has 0 spiro atoms. The molecule has 3 N–H and O–H groups in total. The van der Waals surface area contributed by atoms with Gasteiger partial charge in [-0.2, -0.15) is 0 Å². The number of ketones is 1. The zero-order valence-corrected chi connectivity index (χ0v) is 9.52. The lowest BCUT2D eigenvalue weighted by molar-refractivity contribution is -0.139. The number of hydrogen-bond donors (Lipinski definition) is 3. The van der Waals surface area contributed by atoms with E-state index in [0.29, 0.717) is 0 Å². The van der Waals surface area contributed by atoms with Gasteiger partial charge in [-0.25, -0.2) is 0 Å². The highest BCUT2D eigenvalue weighted by atomic mass is 16.4. The Balaban J connectivity index is 4.33. The smallest absolute Gasteiger partial charge is 0.167 e. The Kier molecular flexibility index (Phi) is 7.56. The van der Waals surface area contributed by atoms with Gasteiger partial charge in [0.1, 0.15) is 12.2 Å². The fourth-order valence-electron chi connectivity index (χ4n) is 1.66. The Bertz CT molecular complexity index is 175. The van der Waals surface area contributed by atoms with Crippen LogP contribution in [0.25, 0.3) is 0 Å². The molecular weight excluding hydrogens is 196 g/mol. The molecule has 0 rings (SSSR count). The van der Waals surface area contributed by atoms with E-state index in [4.69, 9.17) is 10.2 Å². The zero-order valence-electron chi connectivity index (χ0n) is 9.52. The molecule has 4 heteroatoms. The molecule has 0 aromatic heterocycles. The highest BCUT2D eigenvalue weighted by Crippen LogP contribution is 2.17. The summed E-state index contributed by atoms with van der Waals surface area (Å²) >= 11 is 0. The number of aliphatic hydroxyl groups is 3. The van der Waals surface area contributed by atoms with Crippen LogP contribution in [-0.2, 0) is 4.79 Å². The van der Waals surface area contributed by atoms with Gasteiger partial charge in [-0.05, 0) is 12.8 Å². The van der Waals surface area contributed by atoms with Gasteiger partial charge in [0, 0.05) is 5.92 Å². The van der Waals surface area contributed by atoms with E-state index in [1.807, 2.05) is 13.8 Å². The van der Waals surface area contributed by atoms with Crippen LogP contribution < -0.4 is 0 Å². The summed E-state index contributed by atoms with van der Waals surface area (Å²) in [6, 6.07) is 0. The number of aliphatic hydroxyl groups excluding tert-OH is 3. The van der Waals surface area contributed by atoms with E-state index in [1.165, 1.54) is 0 Å². The summed E-state index contributed by atoms with van der Waals surface area (Å²) in [6.45, 7) is 3.37. The predicted molar refractivity (Wildman–Crippen MR) is 57.4 cm³/mol. The van der Waals surface area contributed by atoms with E-state index in [2.05, 4.69) is 0 Å². The van der Waals surface area contributed by atoms with Crippen LogP contribution in [0.3, 0.4) is 0 Å². The lowest BCUT2D eigenvalue weighted by Crippen LogP contribution is -2.40. The molecule has 0 radical (unpaired) electrons. The summed E-state index contributed by atoms with van der Waals surface area (Å²) in [4.78, 5) is 11.7. The van der Waals surface area contributed by atoms with Crippen LogP contribution in [0, 0.1) is 5.92 Å². The Hall–Kier alpha value is -0.450. The molecule has 0 aromatic rings. The van der Waals surface area contributed by atoms with Crippen LogP contribution in [0.15, 0.2) is 0 Å². The molecule has 0 aliphatic heterocycles. The van der Waals surface area contributed by atoms with E-state index < -0.39 is 18.8 Å². The third-order valence-electron chi connectivity index (χ3n) is 2.52. The number of Topliss-reactive ketones (excluding diaryl/α,β-unsaturated/α-hetero) is 1. The average Bonchev–Trinajstić information content (AvgIpc) is 2.25. The van der Waals surface area contributed by atoms with E-state index in [-0.39, 0.29) is 11.7 Å². The first-order valence-corrected chi connectivity index (χ1v) is 5.59. The summed E-state index contributed by atoms with van der Waals surface area (Å²) in [7, 11) is 0. The lowest BCUT2D eigenvalue weighted by Gasteiger charge is -2.20. The number of rotatable bonds is 8. The van der Waals surface area contributed by atoms with Crippen molar-refractivity contribution in [3.05, 3.63) is 0 Å². The average molecular weight is 218 g/mol. The Morgan fingerprint density at radius 1 is 1.13 bits per heavy atom. The quantitative estimate of drug-likeness (QED) is 0.554. The third kappa shape index (κ3) is 4.73. The van der Waals surface area contributed by atoms with Crippen molar-refractivity contribution >= 4 is 5.78 Å². The van der Waals surface area contributed by atoms with Crippen molar-refractivity contribution in [1.29, 1.82) is 0 Å². The van der Waals surface area contributed by atoms with Crippen LogP contribution in [0.5, 0.6) is 0 Å². The van der Waals surface area contributed by atoms with Gasteiger partial charge in [0.2, 0.25) is 0 Å². The molecule has 0 aromatic carbocycles. The third-order valence-corrected chi connectivity index (χ3v) is 2.52. The molecule has 0 fully saturated rings. The second-order valence-corrected chi connectivity index (χ2v) is 3.87. The van der Waals surface area contributed by atoms with Gasteiger partial charge in [-0.1, -0.05) is 26.7 Å². The predicted octanol–water partition coefficient (Wildman–Crippen LogP) is 0.486. The summed E-state index contributed by atoms with van der Waals surface area (Å²) in [5.41, 5.74) is 0. The second-order valence-electron chi connectivity index (χ2n) is 3.87. The first kappa shape index (κ1) is 14.6. The second kappa shape index (κ2) is 7.79. The number of carbonyl (C=O) groups is 1. The topological polar surface area (TPSA) is 77.8 Å². The number of carbonyl (C=O) groups excluding carboxylic acids is 1. The highest BCUT2D eigenvalue weighted by Gasteiger charge is 2.28. The molecule has 0 aliphatic carbocycles. The maximum Gasteiger partial charge on any atom is 0.167 e. The Labute approximate surface area is 90.9 Å². The molecule has 2 unspecified atom stereocenters. The van der Waals surface area contributed by atoms with E-state index in [0.717, 1.165) is 25.7 Å². The lowest BCUT2D eigenvalue weighted by atomic mass is 9.89. The van der Waals surface area contributed by atoms with E-state index in [9.17, 15) is 9.90 Å². The Morgan fingerprint density at radius 3 is 1.93 bits per heavy atom. The van der Waals surface area contributed by atoms with Gasteiger partial charge >= 0.3 is 0 Å². The van der Waals surface area contributed by atoms with Crippen molar-refractivity contribution in [3.63, 3.8) is 0 Å².